The number of hydrogen-bond acceptors (Lipinski definition) is 4. The molecule has 3 aromatic rings. The first-order valence-corrected chi connectivity index (χ1v) is 7.49. The van der Waals surface area contributed by atoms with E-state index in [1.54, 1.807) is 12.1 Å². The molecular formula is C16H11BrFN3O2. The molecule has 0 aliphatic heterocycles. The zero-order valence-electron chi connectivity index (χ0n) is 12.0. The van der Waals surface area contributed by atoms with Gasteiger partial charge in [-0.2, -0.15) is 0 Å². The lowest BCUT2D eigenvalue weighted by atomic mass is 10.2. The summed E-state index contributed by atoms with van der Waals surface area (Å²) in [5.41, 5.74) is 2.06. The second-order valence-corrected chi connectivity index (χ2v) is 5.71. The molecule has 7 heteroatoms. The molecule has 0 saturated heterocycles. The predicted octanol–water partition coefficient (Wildman–Crippen LogP) is 4.20. The van der Waals surface area contributed by atoms with Gasteiger partial charge in [-0.3, -0.25) is 4.79 Å². The Hall–Kier alpha value is -2.54. The monoisotopic (exact) mass is 375 g/mol. The molecule has 0 radical (unpaired) electrons. The minimum absolute atomic E-state index is 0.0811. The number of amides is 1. The molecule has 3 rings (SSSR count). The SMILES string of the molecule is Cc1ccc(NC(=O)c2nnc(-c3cccc(F)c3)o2)c(Br)c1. The summed E-state index contributed by atoms with van der Waals surface area (Å²) in [6.45, 7) is 1.94. The van der Waals surface area contributed by atoms with E-state index in [0.717, 1.165) is 10.0 Å². The third-order valence-corrected chi connectivity index (χ3v) is 3.72. The van der Waals surface area contributed by atoms with Crippen LogP contribution in [0.4, 0.5) is 10.1 Å². The fourth-order valence-corrected chi connectivity index (χ4v) is 2.54. The number of anilines is 1. The Bertz CT molecular complexity index is 879. The van der Waals surface area contributed by atoms with E-state index in [0.29, 0.717) is 11.3 Å². The van der Waals surface area contributed by atoms with Crippen LogP contribution in [0.1, 0.15) is 16.2 Å². The normalized spacial score (nSPS) is 10.6. The smallest absolute Gasteiger partial charge is 0.313 e. The average molecular weight is 376 g/mol. The van der Waals surface area contributed by atoms with Gasteiger partial charge in [0, 0.05) is 10.0 Å². The summed E-state index contributed by atoms with van der Waals surface area (Å²) in [5.74, 6) is -1.07. The summed E-state index contributed by atoms with van der Waals surface area (Å²) < 4.78 is 19.3. The second kappa shape index (κ2) is 6.29. The Morgan fingerprint density at radius 2 is 2.04 bits per heavy atom. The molecule has 1 N–H and O–H groups in total. The van der Waals surface area contributed by atoms with Crippen LogP contribution in [0.15, 0.2) is 51.4 Å². The zero-order chi connectivity index (χ0) is 16.4. The molecule has 5 nitrogen and oxygen atoms in total. The van der Waals surface area contributed by atoms with E-state index in [9.17, 15) is 9.18 Å². The van der Waals surface area contributed by atoms with Crippen LogP contribution in [0, 0.1) is 12.7 Å². The van der Waals surface area contributed by atoms with Crippen molar-refractivity contribution >= 4 is 27.5 Å². The summed E-state index contributed by atoms with van der Waals surface area (Å²) in [6, 6.07) is 11.2. The molecule has 116 valence electrons. The molecule has 1 aromatic heterocycles. The van der Waals surface area contributed by atoms with Gasteiger partial charge in [0.1, 0.15) is 5.82 Å². The number of hydrogen-bond donors (Lipinski definition) is 1. The fraction of sp³-hybridized carbons (Fsp3) is 0.0625. The van der Waals surface area contributed by atoms with E-state index < -0.39 is 11.7 Å². The third-order valence-electron chi connectivity index (χ3n) is 3.06. The van der Waals surface area contributed by atoms with Crippen LogP contribution in [0.25, 0.3) is 11.5 Å². The number of aromatic nitrogens is 2. The largest absolute Gasteiger partial charge is 0.412 e. The molecule has 0 spiro atoms. The molecule has 0 atom stereocenters. The van der Waals surface area contributed by atoms with Crippen molar-refractivity contribution in [2.75, 3.05) is 5.32 Å². The van der Waals surface area contributed by atoms with Gasteiger partial charge in [-0.15, -0.1) is 10.2 Å². The molecule has 0 fully saturated rings. The molecule has 1 amide bonds. The van der Waals surface area contributed by atoms with Crippen molar-refractivity contribution in [1.29, 1.82) is 0 Å². The minimum atomic E-state index is -0.537. The van der Waals surface area contributed by atoms with Crippen molar-refractivity contribution in [2.24, 2.45) is 0 Å². The Kier molecular flexibility index (Phi) is 4.20. The Balaban J connectivity index is 1.81. The van der Waals surface area contributed by atoms with Crippen LogP contribution < -0.4 is 5.32 Å². The number of benzene rings is 2. The Morgan fingerprint density at radius 1 is 1.22 bits per heavy atom. The summed E-state index contributed by atoms with van der Waals surface area (Å²) in [7, 11) is 0. The fourth-order valence-electron chi connectivity index (χ4n) is 1.95. The highest BCUT2D eigenvalue weighted by atomic mass is 79.9. The predicted molar refractivity (Wildman–Crippen MR) is 86.5 cm³/mol. The quantitative estimate of drug-likeness (QED) is 0.744. The van der Waals surface area contributed by atoms with Gasteiger partial charge in [0.2, 0.25) is 5.89 Å². The standard InChI is InChI=1S/C16H11BrFN3O2/c1-9-5-6-13(12(17)7-9)19-14(22)16-21-20-15(23-16)10-3-2-4-11(18)8-10/h2-8H,1H3,(H,19,22). The maximum atomic E-state index is 13.2. The highest BCUT2D eigenvalue weighted by Crippen LogP contribution is 2.24. The van der Waals surface area contributed by atoms with E-state index in [1.807, 2.05) is 19.1 Å². The van der Waals surface area contributed by atoms with Crippen LogP contribution in [-0.2, 0) is 0 Å². The van der Waals surface area contributed by atoms with E-state index in [2.05, 4.69) is 31.4 Å². The van der Waals surface area contributed by atoms with Gasteiger partial charge in [-0.25, -0.2) is 4.39 Å². The number of nitrogens with one attached hydrogen (secondary N) is 1. The highest BCUT2D eigenvalue weighted by Gasteiger charge is 2.17. The maximum Gasteiger partial charge on any atom is 0.313 e. The Labute approximate surface area is 139 Å². The van der Waals surface area contributed by atoms with E-state index in [-0.39, 0.29) is 11.8 Å². The zero-order valence-corrected chi connectivity index (χ0v) is 13.6. The summed E-state index contributed by atoms with van der Waals surface area (Å²) in [6.07, 6.45) is 0. The van der Waals surface area contributed by atoms with Crippen molar-refractivity contribution in [1.82, 2.24) is 10.2 Å². The van der Waals surface area contributed by atoms with Crippen molar-refractivity contribution in [2.45, 2.75) is 6.92 Å². The van der Waals surface area contributed by atoms with Crippen LogP contribution in [0.2, 0.25) is 0 Å². The molecule has 0 unspecified atom stereocenters. The van der Waals surface area contributed by atoms with Crippen LogP contribution >= 0.6 is 15.9 Å². The van der Waals surface area contributed by atoms with E-state index >= 15 is 0 Å². The average Bonchev–Trinajstić information content (AvgIpc) is 3.00. The van der Waals surface area contributed by atoms with Gasteiger partial charge >= 0.3 is 11.8 Å². The molecule has 1 heterocycles. The number of aryl methyl sites for hydroxylation is 1. The lowest BCUT2D eigenvalue weighted by molar-refractivity contribution is 0.0991. The third kappa shape index (κ3) is 3.45. The van der Waals surface area contributed by atoms with E-state index in [1.165, 1.54) is 18.2 Å². The number of halogens is 2. The van der Waals surface area contributed by atoms with Crippen LogP contribution in [0.3, 0.4) is 0 Å². The maximum absolute atomic E-state index is 13.2. The molecule has 23 heavy (non-hydrogen) atoms. The molecule has 2 aromatic carbocycles. The lowest BCUT2D eigenvalue weighted by Gasteiger charge is -2.05. The number of rotatable bonds is 3. The van der Waals surface area contributed by atoms with Crippen LogP contribution in [-0.4, -0.2) is 16.1 Å². The van der Waals surface area contributed by atoms with Gasteiger partial charge in [-0.1, -0.05) is 12.1 Å². The van der Waals surface area contributed by atoms with Gasteiger partial charge in [0.15, 0.2) is 0 Å². The molecule has 0 aliphatic rings. The number of carbonyl (C=O) groups excluding carboxylic acids is 1. The molecule has 0 bridgehead atoms. The first-order chi connectivity index (χ1) is 11.0. The van der Waals surface area contributed by atoms with Crippen molar-refractivity contribution in [3.05, 3.63) is 64.2 Å². The Morgan fingerprint density at radius 3 is 2.78 bits per heavy atom. The first-order valence-electron chi connectivity index (χ1n) is 6.70. The lowest BCUT2D eigenvalue weighted by Crippen LogP contribution is -2.12. The number of carbonyl (C=O) groups is 1. The van der Waals surface area contributed by atoms with Crippen molar-refractivity contribution in [3.63, 3.8) is 0 Å². The second-order valence-electron chi connectivity index (χ2n) is 4.86. The molecular weight excluding hydrogens is 365 g/mol. The molecule has 0 aliphatic carbocycles. The van der Waals surface area contributed by atoms with Crippen LogP contribution in [0.5, 0.6) is 0 Å². The summed E-state index contributed by atoms with van der Waals surface area (Å²) in [5, 5.41) is 10.1. The van der Waals surface area contributed by atoms with E-state index in [4.69, 9.17) is 4.42 Å². The minimum Gasteiger partial charge on any atom is -0.412 e. The summed E-state index contributed by atoms with van der Waals surface area (Å²) in [4.78, 5) is 12.2. The first kappa shape index (κ1) is 15.4. The summed E-state index contributed by atoms with van der Waals surface area (Å²) >= 11 is 3.38. The topological polar surface area (TPSA) is 68.0 Å². The molecule has 0 saturated carbocycles. The van der Waals surface area contributed by atoms with Gasteiger partial charge in [0.05, 0.1) is 5.69 Å². The number of nitrogens with zero attached hydrogens (tertiary/aromatic N) is 2. The van der Waals surface area contributed by atoms with Gasteiger partial charge in [0.25, 0.3) is 0 Å². The highest BCUT2D eigenvalue weighted by molar-refractivity contribution is 9.10. The van der Waals surface area contributed by atoms with Gasteiger partial charge < -0.3 is 9.73 Å². The van der Waals surface area contributed by atoms with Crippen molar-refractivity contribution in [3.8, 4) is 11.5 Å². The van der Waals surface area contributed by atoms with Gasteiger partial charge in [-0.05, 0) is 58.7 Å². The van der Waals surface area contributed by atoms with Crippen molar-refractivity contribution < 1.29 is 13.6 Å².